The molecule has 1 aromatic carbocycles. The fourth-order valence-electron chi connectivity index (χ4n) is 1.59. The monoisotopic (exact) mass is 305 g/mol. The third kappa shape index (κ3) is 3.10. The number of aliphatic hydroxyl groups excluding tert-OH is 1. The SMILES string of the molecule is CSc1ccccc1C(O)c1cnc(C(F)(F)F)s1. The molecule has 0 aliphatic rings. The number of halogens is 3. The Morgan fingerprint density at radius 1 is 1.32 bits per heavy atom. The van der Waals surface area contributed by atoms with E-state index in [4.69, 9.17) is 0 Å². The van der Waals surface area contributed by atoms with Crippen molar-refractivity contribution in [2.45, 2.75) is 17.2 Å². The molecule has 1 heterocycles. The van der Waals surface area contributed by atoms with E-state index < -0.39 is 17.3 Å². The predicted octanol–water partition coefficient (Wildman–Crippen LogP) is 3.97. The van der Waals surface area contributed by atoms with Gasteiger partial charge in [0, 0.05) is 11.1 Å². The molecule has 0 saturated carbocycles. The number of hydrogen-bond acceptors (Lipinski definition) is 4. The second-order valence-corrected chi connectivity index (χ2v) is 5.62. The zero-order valence-corrected chi connectivity index (χ0v) is 11.4. The molecule has 2 aromatic rings. The average molecular weight is 305 g/mol. The van der Waals surface area contributed by atoms with E-state index in [1.54, 1.807) is 12.1 Å². The van der Waals surface area contributed by atoms with E-state index in [-0.39, 0.29) is 4.88 Å². The average Bonchev–Trinajstić information content (AvgIpc) is 2.87. The van der Waals surface area contributed by atoms with Gasteiger partial charge in [0.2, 0.25) is 0 Å². The van der Waals surface area contributed by atoms with Crippen LogP contribution in [0.1, 0.15) is 21.6 Å². The lowest BCUT2D eigenvalue weighted by Crippen LogP contribution is -2.03. The Bertz CT molecular complexity index is 568. The van der Waals surface area contributed by atoms with Gasteiger partial charge >= 0.3 is 6.18 Å². The third-order valence-corrected chi connectivity index (χ3v) is 4.38. The lowest BCUT2D eigenvalue weighted by atomic mass is 10.1. The topological polar surface area (TPSA) is 33.1 Å². The van der Waals surface area contributed by atoms with E-state index in [2.05, 4.69) is 4.98 Å². The first kappa shape index (κ1) is 14.4. The number of nitrogens with zero attached hydrogens (tertiary/aromatic N) is 1. The van der Waals surface area contributed by atoms with E-state index in [9.17, 15) is 18.3 Å². The van der Waals surface area contributed by atoms with Gasteiger partial charge < -0.3 is 5.11 Å². The van der Waals surface area contributed by atoms with Crippen LogP contribution in [0, 0.1) is 0 Å². The smallest absolute Gasteiger partial charge is 0.383 e. The van der Waals surface area contributed by atoms with Crippen molar-refractivity contribution in [3.63, 3.8) is 0 Å². The molecule has 7 heteroatoms. The van der Waals surface area contributed by atoms with Gasteiger partial charge in [0.15, 0.2) is 5.01 Å². The van der Waals surface area contributed by atoms with Crippen molar-refractivity contribution < 1.29 is 18.3 Å². The molecule has 0 aliphatic heterocycles. The summed E-state index contributed by atoms with van der Waals surface area (Å²) in [6.07, 6.45) is -2.63. The number of aromatic nitrogens is 1. The van der Waals surface area contributed by atoms with E-state index in [1.165, 1.54) is 11.8 Å². The van der Waals surface area contributed by atoms with E-state index in [0.29, 0.717) is 16.9 Å². The number of benzene rings is 1. The highest BCUT2D eigenvalue weighted by molar-refractivity contribution is 7.98. The molecule has 1 aromatic heterocycles. The minimum atomic E-state index is -4.47. The Morgan fingerprint density at radius 3 is 2.58 bits per heavy atom. The molecule has 102 valence electrons. The maximum atomic E-state index is 12.5. The first-order valence-corrected chi connectivity index (χ1v) is 7.31. The summed E-state index contributed by atoms with van der Waals surface area (Å²) >= 11 is 1.90. The molecule has 0 fully saturated rings. The van der Waals surface area contributed by atoms with E-state index in [0.717, 1.165) is 11.1 Å². The summed E-state index contributed by atoms with van der Waals surface area (Å²) in [5, 5.41) is 9.23. The van der Waals surface area contributed by atoms with Crippen LogP contribution in [0.5, 0.6) is 0 Å². The van der Waals surface area contributed by atoms with Gasteiger partial charge in [-0.15, -0.1) is 23.1 Å². The van der Waals surface area contributed by atoms with Crippen LogP contribution in [0.4, 0.5) is 13.2 Å². The Kier molecular flexibility index (Phi) is 4.17. The molecule has 0 saturated heterocycles. The predicted molar refractivity (Wildman–Crippen MR) is 69.4 cm³/mol. The van der Waals surface area contributed by atoms with Crippen LogP contribution in [-0.4, -0.2) is 16.3 Å². The maximum Gasteiger partial charge on any atom is 0.443 e. The highest BCUT2D eigenvalue weighted by Crippen LogP contribution is 2.37. The van der Waals surface area contributed by atoms with Crippen molar-refractivity contribution in [2.75, 3.05) is 6.26 Å². The van der Waals surface area contributed by atoms with Gasteiger partial charge in [0.05, 0.1) is 4.88 Å². The number of alkyl halides is 3. The maximum absolute atomic E-state index is 12.5. The second kappa shape index (κ2) is 5.52. The first-order chi connectivity index (χ1) is 8.93. The third-order valence-electron chi connectivity index (χ3n) is 2.47. The van der Waals surface area contributed by atoms with Crippen molar-refractivity contribution in [3.8, 4) is 0 Å². The van der Waals surface area contributed by atoms with Crippen molar-refractivity contribution >= 4 is 23.1 Å². The summed E-state index contributed by atoms with van der Waals surface area (Å²) in [4.78, 5) is 4.34. The summed E-state index contributed by atoms with van der Waals surface area (Å²) in [6, 6.07) is 7.07. The molecule has 0 aliphatic carbocycles. The Labute approximate surface area is 116 Å². The highest BCUT2D eigenvalue weighted by atomic mass is 32.2. The van der Waals surface area contributed by atoms with Gasteiger partial charge in [-0.1, -0.05) is 18.2 Å². The largest absolute Gasteiger partial charge is 0.443 e. The lowest BCUT2D eigenvalue weighted by molar-refractivity contribution is -0.137. The van der Waals surface area contributed by atoms with Gasteiger partial charge in [0.25, 0.3) is 0 Å². The quantitative estimate of drug-likeness (QED) is 0.871. The number of thioether (sulfide) groups is 1. The molecule has 0 bridgehead atoms. The molecule has 19 heavy (non-hydrogen) atoms. The summed E-state index contributed by atoms with van der Waals surface area (Å²) in [5.74, 6) is 0. The highest BCUT2D eigenvalue weighted by Gasteiger charge is 2.35. The molecule has 0 spiro atoms. The first-order valence-electron chi connectivity index (χ1n) is 5.27. The van der Waals surface area contributed by atoms with Crippen LogP contribution in [0.2, 0.25) is 0 Å². The van der Waals surface area contributed by atoms with Crippen molar-refractivity contribution in [1.29, 1.82) is 0 Å². The van der Waals surface area contributed by atoms with Crippen molar-refractivity contribution in [1.82, 2.24) is 4.98 Å². The molecule has 1 unspecified atom stereocenters. The fourth-order valence-corrected chi connectivity index (χ4v) is 3.01. The molecule has 2 rings (SSSR count). The van der Waals surface area contributed by atoms with E-state index >= 15 is 0 Å². The Morgan fingerprint density at radius 2 is 2.00 bits per heavy atom. The van der Waals surface area contributed by atoms with Crippen LogP contribution in [0.15, 0.2) is 35.4 Å². The lowest BCUT2D eigenvalue weighted by Gasteiger charge is -2.12. The molecule has 2 nitrogen and oxygen atoms in total. The molecule has 1 N–H and O–H groups in total. The van der Waals surface area contributed by atoms with E-state index in [1.807, 2.05) is 18.4 Å². The standard InChI is InChI=1S/C12H10F3NOS2/c1-18-8-5-3-2-4-7(8)10(17)9-6-16-11(19-9)12(13,14)15/h2-6,10,17H,1H3. The summed E-state index contributed by atoms with van der Waals surface area (Å²) in [7, 11) is 0. The van der Waals surface area contributed by atoms with Crippen LogP contribution in [0.3, 0.4) is 0 Å². The van der Waals surface area contributed by atoms with Gasteiger partial charge in [-0.05, 0) is 17.9 Å². The summed E-state index contributed by atoms with van der Waals surface area (Å²) < 4.78 is 37.4. The number of hydrogen-bond donors (Lipinski definition) is 1. The van der Waals surface area contributed by atoms with Crippen molar-refractivity contribution in [3.05, 3.63) is 45.9 Å². The minimum absolute atomic E-state index is 0.189. The normalized spacial score (nSPS) is 13.5. The van der Waals surface area contributed by atoms with Crippen LogP contribution in [-0.2, 0) is 6.18 Å². The van der Waals surface area contributed by atoms with Crippen LogP contribution < -0.4 is 0 Å². The zero-order valence-electron chi connectivity index (χ0n) is 9.81. The molecule has 0 radical (unpaired) electrons. The second-order valence-electron chi connectivity index (χ2n) is 3.71. The van der Waals surface area contributed by atoms with Crippen LogP contribution >= 0.6 is 23.1 Å². The number of rotatable bonds is 3. The minimum Gasteiger partial charge on any atom is -0.383 e. The Balaban J connectivity index is 2.34. The van der Waals surface area contributed by atoms with Gasteiger partial charge in [-0.25, -0.2) is 4.98 Å². The summed E-state index contributed by atoms with van der Waals surface area (Å²) in [5.41, 5.74) is 0.590. The van der Waals surface area contributed by atoms with Crippen LogP contribution in [0.25, 0.3) is 0 Å². The molecular weight excluding hydrogens is 295 g/mol. The fraction of sp³-hybridized carbons (Fsp3) is 0.250. The Hall–Kier alpha value is -1.05. The molecule has 0 amide bonds. The molecule has 1 atom stereocenters. The van der Waals surface area contributed by atoms with Gasteiger partial charge in [-0.2, -0.15) is 13.2 Å². The van der Waals surface area contributed by atoms with Gasteiger partial charge in [-0.3, -0.25) is 0 Å². The van der Waals surface area contributed by atoms with Gasteiger partial charge in [0.1, 0.15) is 6.10 Å². The summed E-state index contributed by atoms with van der Waals surface area (Å²) in [6.45, 7) is 0. The van der Waals surface area contributed by atoms with Crippen molar-refractivity contribution in [2.24, 2.45) is 0 Å². The molecular formula is C12H10F3NOS2. The number of aliphatic hydroxyl groups is 1. The number of thiazole rings is 1. The zero-order chi connectivity index (χ0) is 14.0.